The Morgan fingerprint density at radius 3 is 3.00 bits per heavy atom. The molecule has 0 atom stereocenters. The third-order valence-electron chi connectivity index (χ3n) is 4.00. The second kappa shape index (κ2) is 6.13. The Labute approximate surface area is 137 Å². The molecule has 1 fully saturated rings. The first kappa shape index (κ1) is 14.4. The molecule has 7 nitrogen and oxygen atoms in total. The van der Waals surface area contributed by atoms with Gasteiger partial charge < -0.3 is 15.4 Å². The average Bonchev–Trinajstić information content (AvgIpc) is 3.16. The molecule has 0 amide bonds. The highest BCUT2D eigenvalue weighted by atomic mass is 32.1. The summed E-state index contributed by atoms with van der Waals surface area (Å²) in [6.45, 7) is 2.11. The Hall–Kier alpha value is -2.19. The number of pyridine rings is 1. The predicted molar refractivity (Wildman–Crippen MR) is 90.2 cm³/mol. The third kappa shape index (κ3) is 2.87. The van der Waals surface area contributed by atoms with Crippen molar-refractivity contribution in [3.8, 4) is 17.0 Å². The van der Waals surface area contributed by atoms with Crippen molar-refractivity contribution in [2.45, 2.75) is 18.9 Å². The molecule has 1 aliphatic heterocycles. The van der Waals surface area contributed by atoms with Crippen molar-refractivity contribution >= 4 is 21.4 Å². The zero-order valence-corrected chi connectivity index (χ0v) is 13.6. The second-order valence-corrected chi connectivity index (χ2v) is 6.48. The number of hydrogen-bond donors (Lipinski definition) is 2. The maximum Gasteiger partial charge on any atom is 0.214 e. The largest absolute Gasteiger partial charge is 0.495 e. The molecule has 4 heterocycles. The van der Waals surface area contributed by atoms with Crippen LogP contribution in [0.3, 0.4) is 0 Å². The molecule has 0 spiro atoms. The summed E-state index contributed by atoms with van der Waals surface area (Å²) in [6.07, 6.45) is 7.55. The number of ether oxygens (including phenoxy) is 1. The van der Waals surface area contributed by atoms with Crippen LogP contribution in [0.15, 0.2) is 24.7 Å². The molecule has 1 saturated heterocycles. The van der Waals surface area contributed by atoms with Crippen LogP contribution in [0.25, 0.3) is 16.2 Å². The highest BCUT2D eigenvalue weighted by Crippen LogP contribution is 2.28. The van der Waals surface area contributed by atoms with Crippen LogP contribution in [0.2, 0.25) is 0 Å². The lowest BCUT2D eigenvalue weighted by Gasteiger charge is -2.22. The van der Waals surface area contributed by atoms with Gasteiger partial charge in [0.2, 0.25) is 10.1 Å². The molecule has 1 aliphatic rings. The first-order valence-corrected chi connectivity index (χ1v) is 8.46. The number of fused-ring (bicyclic) bond motifs is 1. The number of methoxy groups -OCH3 is 1. The standard InChI is InChI=1S/C15H18N6OS/c1-22-12-6-10(7-17-8-12)13-9-18-15-21(13)20-14(23-15)19-11-2-4-16-5-3-11/h6-9,11,16H,2-5H2,1H3,(H,19,20). The minimum Gasteiger partial charge on any atom is -0.495 e. The molecule has 8 heteroatoms. The SMILES string of the molecule is COc1cncc(-c2cnc3sc(NC4CCNCC4)nn23)c1. The molecular formula is C15H18N6OS. The number of anilines is 1. The summed E-state index contributed by atoms with van der Waals surface area (Å²) in [5.74, 6) is 0.723. The smallest absolute Gasteiger partial charge is 0.214 e. The van der Waals surface area contributed by atoms with Gasteiger partial charge in [0.15, 0.2) is 0 Å². The molecule has 3 aromatic rings. The van der Waals surface area contributed by atoms with Crippen molar-refractivity contribution in [2.75, 3.05) is 25.5 Å². The summed E-state index contributed by atoms with van der Waals surface area (Å²) in [5.41, 5.74) is 1.86. The Kier molecular flexibility index (Phi) is 3.84. The maximum absolute atomic E-state index is 5.24. The molecule has 0 bridgehead atoms. The van der Waals surface area contributed by atoms with E-state index in [0.29, 0.717) is 6.04 Å². The number of imidazole rings is 1. The van der Waals surface area contributed by atoms with Gasteiger partial charge in [-0.15, -0.1) is 5.10 Å². The number of piperidine rings is 1. The summed E-state index contributed by atoms with van der Waals surface area (Å²) in [4.78, 5) is 9.54. The number of rotatable bonds is 4. The Morgan fingerprint density at radius 1 is 1.30 bits per heavy atom. The van der Waals surface area contributed by atoms with Crippen molar-refractivity contribution in [1.29, 1.82) is 0 Å². The highest BCUT2D eigenvalue weighted by molar-refractivity contribution is 7.20. The zero-order valence-electron chi connectivity index (χ0n) is 12.8. The highest BCUT2D eigenvalue weighted by Gasteiger charge is 2.17. The van der Waals surface area contributed by atoms with Crippen LogP contribution >= 0.6 is 11.3 Å². The lowest BCUT2D eigenvalue weighted by Crippen LogP contribution is -2.35. The Balaban J connectivity index is 1.63. The van der Waals surface area contributed by atoms with E-state index in [4.69, 9.17) is 4.74 Å². The first-order valence-electron chi connectivity index (χ1n) is 7.65. The minimum atomic E-state index is 0.481. The summed E-state index contributed by atoms with van der Waals surface area (Å²) in [5, 5.41) is 12.5. The van der Waals surface area contributed by atoms with E-state index in [9.17, 15) is 0 Å². The fraction of sp³-hybridized carbons (Fsp3) is 0.400. The minimum absolute atomic E-state index is 0.481. The van der Waals surface area contributed by atoms with E-state index in [1.54, 1.807) is 30.8 Å². The van der Waals surface area contributed by atoms with Crippen molar-refractivity contribution in [2.24, 2.45) is 0 Å². The van der Waals surface area contributed by atoms with E-state index in [2.05, 4.69) is 25.7 Å². The third-order valence-corrected chi connectivity index (χ3v) is 4.85. The molecule has 23 heavy (non-hydrogen) atoms. The lowest BCUT2D eigenvalue weighted by molar-refractivity contribution is 0.413. The molecule has 0 aliphatic carbocycles. The summed E-state index contributed by atoms with van der Waals surface area (Å²) in [7, 11) is 1.64. The van der Waals surface area contributed by atoms with Crippen LogP contribution in [-0.4, -0.2) is 45.8 Å². The van der Waals surface area contributed by atoms with Crippen molar-refractivity contribution in [3.05, 3.63) is 24.7 Å². The monoisotopic (exact) mass is 330 g/mol. The van der Waals surface area contributed by atoms with E-state index < -0.39 is 0 Å². The van der Waals surface area contributed by atoms with Crippen LogP contribution < -0.4 is 15.4 Å². The van der Waals surface area contributed by atoms with Crippen molar-refractivity contribution in [3.63, 3.8) is 0 Å². The number of aromatic nitrogens is 4. The van der Waals surface area contributed by atoms with Crippen LogP contribution in [0.1, 0.15) is 12.8 Å². The predicted octanol–water partition coefficient (Wildman–Crippen LogP) is 2.03. The normalized spacial score (nSPS) is 15.9. The summed E-state index contributed by atoms with van der Waals surface area (Å²) < 4.78 is 7.11. The van der Waals surface area contributed by atoms with Crippen LogP contribution in [0.4, 0.5) is 5.13 Å². The summed E-state index contributed by atoms with van der Waals surface area (Å²) in [6, 6.07) is 2.42. The number of nitrogens with zero attached hydrogens (tertiary/aromatic N) is 4. The first-order chi connectivity index (χ1) is 11.3. The molecule has 0 saturated carbocycles. The van der Waals surface area contributed by atoms with Gasteiger partial charge in [0.25, 0.3) is 0 Å². The Bertz CT molecular complexity index is 807. The number of nitrogens with one attached hydrogen (secondary N) is 2. The van der Waals surface area contributed by atoms with Gasteiger partial charge in [-0.05, 0) is 32.0 Å². The Morgan fingerprint density at radius 2 is 2.17 bits per heavy atom. The van der Waals surface area contributed by atoms with Gasteiger partial charge in [0, 0.05) is 17.8 Å². The topological polar surface area (TPSA) is 76.4 Å². The molecule has 4 rings (SSSR count). The van der Waals surface area contributed by atoms with Crippen molar-refractivity contribution < 1.29 is 4.74 Å². The summed E-state index contributed by atoms with van der Waals surface area (Å²) >= 11 is 1.57. The molecule has 0 unspecified atom stereocenters. The molecule has 2 N–H and O–H groups in total. The molecule has 120 valence electrons. The van der Waals surface area contributed by atoms with E-state index in [1.807, 2.05) is 16.8 Å². The van der Waals surface area contributed by atoms with E-state index in [-0.39, 0.29) is 0 Å². The molecule has 3 aromatic heterocycles. The van der Waals surface area contributed by atoms with Gasteiger partial charge in [-0.3, -0.25) is 4.98 Å². The van der Waals surface area contributed by atoms with Gasteiger partial charge >= 0.3 is 0 Å². The van der Waals surface area contributed by atoms with E-state index in [0.717, 1.165) is 53.0 Å². The van der Waals surface area contributed by atoms with Gasteiger partial charge in [-0.2, -0.15) is 0 Å². The van der Waals surface area contributed by atoms with Crippen LogP contribution in [-0.2, 0) is 0 Å². The average molecular weight is 330 g/mol. The second-order valence-electron chi connectivity index (χ2n) is 5.53. The van der Waals surface area contributed by atoms with Crippen molar-refractivity contribution in [1.82, 2.24) is 24.9 Å². The maximum atomic E-state index is 5.24. The van der Waals surface area contributed by atoms with Gasteiger partial charge in [0.05, 0.1) is 25.2 Å². The molecule has 0 aromatic carbocycles. The van der Waals surface area contributed by atoms with Crippen LogP contribution in [0, 0.1) is 0 Å². The van der Waals surface area contributed by atoms with Gasteiger partial charge in [-0.1, -0.05) is 11.3 Å². The quantitative estimate of drug-likeness (QED) is 0.762. The fourth-order valence-electron chi connectivity index (χ4n) is 2.76. The van der Waals surface area contributed by atoms with E-state index >= 15 is 0 Å². The number of hydrogen-bond acceptors (Lipinski definition) is 7. The van der Waals surface area contributed by atoms with Gasteiger partial charge in [-0.25, -0.2) is 9.50 Å². The van der Waals surface area contributed by atoms with Crippen LogP contribution in [0.5, 0.6) is 5.75 Å². The fourth-order valence-corrected chi connectivity index (χ4v) is 3.61. The zero-order chi connectivity index (χ0) is 15.6. The molecular weight excluding hydrogens is 312 g/mol. The lowest BCUT2D eigenvalue weighted by atomic mass is 10.1. The molecule has 0 radical (unpaired) electrons. The van der Waals surface area contributed by atoms with Gasteiger partial charge in [0.1, 0.15) is 5.75 Å². The van der Waals surface area contributed by atoms with E-state index in [1.165, 1.54) is 0 Å².